The van der Waals surface area contributed by atoms with Gasteiger partial charge in [0, 0.05) is 13.1 Å². The van der Waals surface area contributed by atoms with E-state index in [-0.39, 0.29) is 6.61 Å². The molecule has 0 radical (unpaired) electrons. The molecule has 0 bridgehead atoms. The summed E-state index contributed by atoms with van der Waals surface area (Å²) >= 11 is 5.81. The van der Waals surface area contributed by atoms with Crippen molar-refractivity contribution in [1.82, 2.24) is 9.99 Å². The molecule has 0 aromatic rings. The van der Waals surface area contributed by atoms with E-state index < -0.39 is 13.2 Å². The van der Waals surface area contributed by atoms with Crippen LogP contribution < -0.4 is 5.32 Å². The average Bonchev–Trinajstić information content (AvgIpc) is 2.14. The lowest BCUT2D eigenvalue weighted by atomic mass is 10.4. The molecular formula is C7H16ClN2O3P. The smallest absolute Gasteiger partial charge is 0.315 e. The molecule has 14 heavy (non-hydrogen) atoms. The molecule has 84 valence electrons. The second kappa shape index (κ2) is 5.45. The normalized spacial score (nSPS) is 34.2. The van der Waals surface area contributed by atoms with Crippen LogP contribution in [0.3, 0.4) is 0 Å². The molecule has 5 nitrogen and oxygen atoms in total. The van der Waals surface area contributed by atoms with E-state index in [1.165, 1.54) is 4.67 Å². The monoisotopic (exact) mass is 242 g/mol. The van der Waals surface area contributed by atoms with Crippen LogP contribution in [-0.2, 0) is 9.09 Å². The van der Waals surface area contributed by atoms with Crippen LogP contribution in [0.2, 0.25) is 0 Å². The van der Waals surface area contributed by atoms with Crippen molar-refractivity contribution in [3.63, 3.8) is 0 Å². The Hall–Kier alpha value is 0.360. The number of hydrogen-bond acceptors (Lipinski definition) is 3. The molecule has 2 atom stereocenters. The highest BCUT2D eigenvalue weighted by Gasteiger charge is 2.32. The van der Waals surface area contributed by atoms with Gasteiger partial charge in [-0.1, -0.05) is 0 Å². The fourth-order valence-corrected chi connectivity index (χ4v) is 2.98. The van der Waals surface area contributed by atoms with E-state index in [9.17, 15) is 9.46 Å². The number of nitrogens with one attached hydrogen (secondary N) is 1. The summed E-state index contributed by atoms with van der Waals surface area (Å²) in [5.74, 6) is 0. The van der Waals surface area contributed by atoms with Gasteiger partial charge in [-0.3, -0.25) is 4.52 Å². The van der Waals surface area contributed by atoms with Crippen molar-refractivity contribution in [2.45, 2.75) is 18.8 Å². The van der Waals surface area contributed by atoms with Crippen LogP contribution in [-0.4, -0.2) is 41.3 Å². The van der Waals surface area contributed by atoms with Crippen LogP contribution in [0.1, 0.15) is 13.3 Å². The number of alkyl halides is 1. The van der Waals surface area contributed by atoms with Crippen LogP contribution in [0.4, 0.5) is 0 Å². The summed E-state index contributed by atoms with van der Waals surface area (Å²) in [6.45, 7) is 3.79. The zero-order chi connectivity index (χ0) is 10.6. The topological polar surface area (TPSA) is 61.8 Å². The second-order valence-corrected chi connectivity index (χ2v) is 5.55. The molecule has 0 amide bonds. The Bertz CT molecular complexity index is 227. The molecule has 1 aliphatic rings. The lowest BCUT2D eigenvalue weighted by Gasteiger charge is -2.27. The van der Waals surface area contributed by atoms with Gasteiger partial charge in [-0.05, 0) is 19.9 Å². The molecule has 1 fully saturated rings. The van der Waals surface area contributed by atoms with E-state index in [1.54, 1.807) is 6.92 Å². The maximum atomic E-state index is 11.7. The first-order valence-corrected chi connectivity index (χ1v) is 6.60. The Morgan fingerprint density at radius 2 is 2.36 bits per heavy atom. The highest BCUT2D eigenvalue weighted by Crippen LogP contribution is 2.48. The third-order valence-electron chi connectivity index (χ3n) is 2.01. The van der Waals surface area contributed by atoms with E-state index in [4.69, 9.17) is 16.1 Å². The van der Waals surface area contributed by atoms with Crippen LogP contribution in [0.15, 0.2) is 0 Å². The van der Waals surface area contributed by atoms with Crippen LogP contribution in [0.5, 0.6) is 0 Å². The first-order chi connectivity index (χ1) is 6.54. The average molecular weight is 243 g/mol. The van der Waals surface area contributed by atoms with Gasteiger partial charge in [-0.25, -0.2) is 4.57 Å². The van der Waals surface area contributed by atoms with Crippen molar-refractivity contribution in [3.8, 4) is 0 Å². The number of hydrogen-bond donors (Lipinski definition) is 2. The second-order valence-electron chi connectivity index (χ2n) is 3.16. The summed E-state index contributed by atoms with van der Waals surface area (Å²) in [5, 5.41) is 3.14. The molecule has 0 spiro atoms. The van der Waals surface area contributed by atoms with Gasteiger partial charge in [0.2, 0.25) is 0 Å². The minimum Gasteiger partial charge on any atom is -0.315 e. The van der Waals surface area contributed by atoms with Gasteiger partial charge in [0.15, 0.2) is 0 Å². The third kappa shape index (κ3) is 3.50. The van der Waals surface area contributed by atoms with Gasteiger partial charge in [-0.15, -0.1) is 11.6 Å². The Balaban J connectivity index is 2.69. The van der Waals surface area contributed by atoms with Gasteiger partial charge in [0.05, 0.1) is 12.1 Å². The predicted molar refractivity (Wildman–Crippen MR) is 55.3 cm³/mol. The van der Waals surface area contributed by atoms with Gasteiger partial charge >= 0.3 is 7.75 Å². The molecule has 2 unspecified atom stereocenters. The SMILES string of the molecule is CC(Cl)N1CCNCCCOP1(=O)O. The molecule has 1 rings (SSSR count). The van der Waals surface area contributed by atoms with Crippen LogP contribution in [0, 0.1) is 0 Å². The van der Waals surface area contributed by atoms with E-state index in [1.807, 2.05) is 0 Å². The van der Waals surface area contributed by atoms with Crippen molar-refractivity contribution in [2.24, 2.45) is 0 Å². The summed E-state index contributed by atoms with van der Waals surface area (Å²) < 4.78 is 17.9. The molecule has 1 heterocycles. The highest BCUT2D eigenvalue weighted by atomic mass is 35.5. The van der Waals surface area contributed by atoms with Crippen molar-refractivity contribution in [2.75, 3.05) is 26.2 Å². The quantitative estimate of drug-likeness (QED) is 0.408. The maximum absolute atomic E-state index is 11.7. The number of halogens is 1. The number of nitrogens with zero attached hydrogens (tertiary/aromatic N) is 1. The van der Waals surface area contributed by atoms with Crippen molar-refractivity contribution in [1.29, 1.82) is 0 Å². The fourth-order valence-electron chi connectivity index (χ4n) is 1.28. The van der Waals surface area contributed by atoms with Gasteiger partial charge in [0.1, 0.15) is 0 Å². The van der Waals surface area contributed by atoms with E-state index in [0.717, 1.165) is 13.0 Å². The van der Waals surface area contributed by atoms with Crippen molar-refractivity contribution < 1.29 is 14.0 Å². The van der Waals surface area contributed by atoms with Gasteiger partial charge in [0.25, 0.3) is 0 Å². The van der Waals surface area contributed by atoms with E-state index in [0.29, 0.717) is 13.1 Å². The lowest BCUT2D eigenvalue weighted by molar-refractivity contribution is 0.203. The molecule has 2 N–H and O–H groups in total. The zero-order valence-corrected chi connectivity index (χ0v) is 9.80. The largest absolute Gasteiger partial charge is 0.406 e. The summed E-state index contributed by atoms with van der Waals surface area (Å²) in [6.07, 6.45) is 0.731. The third-order valence-corrected chi connectivity index (χ3v) is 4.10. The molecule has 0 aromatic carbocycles. The fraction of sp³-hybridized carbons (Fsp3) is 1.00. The van der Waals surface area contributed by atoms with E-state index >= 15 is 0 Å². The maximum Gasteiger partial charge on any atom is 0.406 e. The molecule has 0 aromatic heterocycles. The molecule has 1 aliphatic heterocycles. The van der Waals surface area contributed by atoms with E-state index in [2.05, 4.69) is 5.32 Å². The molecule has 0 aliphatic carbocycles. The molecule has 1 saturated heterocycles. The first kappa shape index (κ1) is 12.4. The summed E-state index contributed by atoms with van der Waals surface area (Å²) in [4.78, 5) is 9.58. The van der Waals surface area contributed by atoms with Gasteiger partial charge < -0.3 is 10.2 Å². The predicted octanol–water partition coefficient (Wildman–Crippen LogP) is 0.984. The zero-order valence-electron chi connectivity index (χ0n) is 8.15. The van der Waals surface area contributed by atoms with Gasteiger partial charge in [-0.2, -0.15) is 4.67 Å². The number of rotatable bonds is 1. The minimum absolute atomic E-state index is 0.279. The van der Waals surface area contributed by atoms with Crippen molar-refractivity contribution >= 4 is 19.3 Å². The minimum atomic E-state index is -3.69. The summed E-state index contributed by atoms with van der Waals surface area (Å²) in [5.41, 5.74) is -0.509. The molecule has 0 saturated carbocycles. The highest BCUT2D eigenvalue weighted by molar-refractivity contribution is 7.50. The molecule has 7 heteroatoms. The first-order valence-electron chi connectivity index (χ1n) is 4.63. The Kier molecular flexibility index (Phi) is 4.83. The lowest BCUT2D eigenvalue weighted by Crippen LogP contribution is -2.33. The standard InChI is InChI=1S/C7H16ClN2O3P/c1-7(8)10-5-4-9-3-2-6-13-14(10,11)12/h7,9H,2-6H2,1H3,(H,11,12). The Morgan fingerprint density at radius 3 is 3.00 bits per heavy atom. The van der Waals surface area contributed by atoms with Crippen LogP contribution in [0.25, 0.3) is 0 Å². The Labute approximate surface area is 89.0 Å². The Morgan fingerprint density at radius 1 is 1.64 bits per heavy atom. The summed E-state index contributed by atoms with van der Waals surface area (Å²) in [7, 11) is -3.69. The molecular weight excluding hydrogens is 227 g/mol. The summed E-state index contributed by atoms with van der Waals surface area (Å²) in [6, 6.07) is 0. The van der Waals surface area contributed by atoms with Crippen LogP contribution >= 0.6 is 19.3 Å². The van der Waals surface area contributed by atoms with Crippen molar-refractivity contribution in [3.05, 3.63) is 0 Å².